The molecule has 1 aromatic heterocycles. The van der Waals surface area contributed by atoms with Gasteiger partial charge in [0, 0.05) is 41.0 Å². The van der Waals surface area contributed by atoms with Crippen LogP contribution in [0.1, 0.15) is 95.3 Å². The zero-order chi connectivity index (χ0) is 27.9. The van der Waals surface area contributed by atoms with E-state index in [-0.39, 0.29) is 11.9 Å². The number of aromatic nitrogens is 1. The summed E-state index contributed by atoms with van der Waals surface area (Å²) < 4.78 is 31.9. The standard InChI is InChI=1S/C30H45N3O3S2/c1-20-24(28(34)31-23-18-37-19-23)16-26(33(20)17-21-11-9-8-10-12-21)22-13-14-27(25(15-22)29(2,3)4)38(35,36)32-30(5,6)7/h13-16,21,23,32H,8-12,17-19H2,1-7H3,(H,31,34). The van der Waals surface area contributed by atoms with Crippen molar-refractivity contribution in [3.8, 4) is 11.3 Å². The van der Waals surface area contributed by atoms with E-state index in [9.17, 15) is 13.2 Å². The summed E-state index contributed by atoms with van der Waals surface area (Å²) >= 11 is 1.85. The summed E-state index contributed by atoms with van der Waals surface area (Å²) in [6, 6.07) is 7.92. The summed E-state index contributed by atoms with van der Waals surface area (Å²) in [5, 5.41) is 3.19. The molecule has 0 spiro atoms. The number of nitrogens with zero attached hydrogens (tertiary/aromatic N) is 1. The number of sulfonamides is 1. The summed E-state index contributed by atoms with van der Waals surface area (Å²) in [7, 11) is -3.71. The lowest BCUT2D eigenvalue weighted by Crippen LogP contribution is -2.43. The Bertz CT molecular complexity index is 1270. The van der Waals surface area contributed by atoms with Gasteiger partial charge in [0.2, 0.25) is 10.0 Å². The molecule has 1 amide bonds. The van der Waals surface area contributed by atoms with Gasteiger partial charge in [-0.1, -0.05) is 46.1 Å². The lowest BCUT2D eigenvalue weighted by molar-refractivity contribution is 0.0942. The number of benzene rings is 1. The van der Waals surface area contributed by atoms with Gasteiger partial charge in [0.25, 0.3) is 5.91 Å². The van der Waals surface area contributed by atoms with E-state index in [0.29, 0.717) is 10.8 Å². The summed E-state index contributed by atoms with van der Waals surface area (Å²) in [5.74, 6) is 2.51. The third-order valence-corrected chi connectivity index (χ3v) is 10.7. The Morgan fingerprint density at radius 3 is 2.24 bits per heavy atom. The summed E-state index contributed by atoms with van der Waals surface area (Å²) in [6.45, 7) is 14.6. The first kappa shape index (κ1) is 29.2. The Morgan fingerprint density at radius 1 is 1.03 bits per heavy atom. The number of hydrogen-bond donors (Lipinski definition) is 2. The van der Waals surface area contributed by atoms with Gasteiger partial charge in [0.15, 0.2) is 0 Å². The van der Waals surface area contributed by atoms with Gasteiger partial charge in [-0.15, -0.1) is 0 Å². The third kappa shape index (κ3) is 6.68. The molecule has 0 atom stereocenters. The molecule has 0 radical (unpaired) electrons. The highest BCUT2D eigenvalue weighted by molar-refractivity contribution is 8.00. The van der Waals surface area contributed by atoms with Crippen LogP contribution in [0.25, 0.3) is 11.3 Å². The van der Waals surface area contributed by atoms with Crippen LogP contribution in [0.5, 0.6) is 0 Å². The van der Waals surface area contributed by atoms with Crippen LogP contribution in [-0.2, 0) is 22.0 Å². The molecule has 2 fully saturated rings. The van der Waals surface area contributed by atoms with Crippen molar-refractivity contribution in [2.45, 2.75) is 109 Å². The quantitative estimate of drug-likeness (QED) is 0.419. The fourth-order valence-corrected chi connectivity index (χ4v) is 7.98. The van der Waals surface area contributed by atoms with Gasteiger partial charge in [-0.3, -0.25) is 4.79 Å². The average molecular weight is 560 g/mol. The van der Waals surface area contributed by atoms with Gasteiger partial charge in [-0.05, 0) is 81.2 Å². The van der Waals surface area contributed by atoms with Crippen LogP contribution in [0, 0.1) is 12.8 Å². The third-order valence-electron chi connectivity index (χ3n) is 7.56. The predicted molar refractivity (Wildman–Crippen MR) is 159 cm³/mol. The Morgan fingerprint density at radius 2 is 1.68 bits per heavy atom. The average Bonchev–Trinajstić information content (AvgIpc) is 3.10. The molecule has 0 unspecified atom stereocenters. The smallest absolute Gasteiger partial charge is 0.253 e. The summed E-state index contributed by atoms with van der Waals surface area (Å²) in [5.41, 5.74) is 3.43. The second-order valence-corrected chi connectivity index (χ2v) is 15.9. The molecule has 2 aliphatic rings. The van der Waals surface area contributed by atoms with Crippen molar-refractivity contribution in [2.24, 2.45) is 5.92 Å². The van der Waals surface area contributed by atoms with Gasteiger partial charge in [-0.25, -0.2) is 13.1 Å². The van der Waals surface area contributed by atoms with E-state index in [4.69, 9.17) is 0 Å². The van der Waals surface area contributed by atoms with Gasteiger partial charge in [-0.2, -0.15) is 11.8 Å². The van der Waals surface area contributed by atoms with E-state index in [1.54, 1.807) is 6.07 Å². The molecule has 8 heteroatoms. The van der Waals surface area contributed by atoms with Crippen molar-refractivity contribution in [1.82, 2.24) is 14.6 Å². The lowest BCUT2D eigenvalue weighted by atomic mass is 9.85. The maximum atomic E-state index is 13.4. The second kappa shape index (κ2) is 11.0. The molecule has 210 valence electrons. The molecular formula is C30H45N3O3S2. The van der Waals surface area contributed by atoms with E-state index in [0.717, 1.165) is 46.1 Å². The molecule has 0 bridgehead atoms. The Labute approximate surface area is 233 Å². The van der Waals surface area contributed by atoms with E-state index >= 15 is 0 Å². The number of rotatable bonds is 7. The minimum absolute atomic E-state index is 0.0129. The number of hydrogen-bond acceptors (Lipinski definition) is 4. The molecule has 2 aromatic rings. The normalized spacial score (nSPS) is 17.9. The van der Waals surface area contributed by atoms with E-state index in [1.807, 2.05) is 78.4 Å². The molecule has 1 aromatic carbocycles. The number of thioether (sulfide) groups is 1. The summed E-state index contributed by atoms with van der Waals surface area (Å²) in [6.07, 6.45) is 6.24. The number of nitrogens with one attached hydrogen (secondary N) is 2. The number of carbonyl (C=O) groups excluding carboxylic acids is 1. The Balaban J connectivity index is 1.80. The molecule has 4 rings (SSSR count). The van der Waals surface area contributed by atoms with Crippen molar-refractivity contribution >= 4 is 27.7 Å². The van der Waals surface area contributed by atoms with Crippen molar-refractivity contribution in [1.29, 1.82) is 0 Å². The highest BCUT2D eigenvalue weighted by Crippen LogP contribution is 2.36. The fraction of sp³-hybridized carbons (Fsp3) is 0.633. The first-order valence-electron chi connectivity index (χ1n) is 13.9. The van der Waals surface area contributed by atoms with Crippen molar-refractivity contribution < 1.29 is 13.2 Å². The second-order valence-electron chi connectivity index (χ2n) is 13.2. The lowest BCUT2D eigenvalue weighted by Gasteiger charge is -2.27. The molecule has 1 aliphatic heterocycles. The van der Waals surface area contributed by atoms with Crippen LogP contribution in [-0.4, -0.2) is 42.0 Å². The number of amides is 1. The maximum Gasteiger partial charge on any atom is 0.253 e. The van der Waals surface area contributed by atoms with Crippen molar-refractivity contribution in [3.05, 3.63) is 41.1 Å². The van der Waals surface area contributed by atoms with Gasteiger partial charge in [0.05, 0.1) is 10.5 Å². The zero-order valence-corrected chi connectivity index (χ0v) is 25.7. The van der Waals surface area contributed by atoms with E-state index in [2.05, 4.69) is 14.6 Å². The monoisotopic (exact) mass is 559 g/mol. The predicted octanol–water partition coefficient (Wildman–Crippen LogP) is 6.26. The molecule has 1 saturated carbocycles. The van der Waals surface area contributed by atoms with Crippen molar-refractivity contribution in [3.63, 3.8) is 0 Å². The van der Waals surface area contributed by atoms with Crippen molar-refractivity contribution in [2.75, 3.05) is 11.5 Å². The van der Waals surface area contributed by atoms with Crippen LogP contribution in [0.4, 0.5) is 0 Å². The van der Waals surface area contributed by atoms with Gasteiger partial charge < -0.3 is 9.88 Å². The van der Waals surface area contributed by atoms with Crippen LogP contribution < -0.4 is 10.0 Å². The Kier molecular flexibility index (Phi) is 8.47. The zero-order valence-electron chi connectivity index (χ0n) is 24.1. The highest BCUT2D eigenvalue weighted by Gasteiger charge is 2.31. The molecule has 1 aliphatic carbocycles. The fourth-order valence-electron chi connectivity index (χ4n) is 5.53. The van der Waals surface area contributed by atoms with Gasteiger partial charge in [0.1, 0.15) is 0 Å². The molecule has 2 N–H and O–H groups in total. The van der Waals surface area contributed by atoms with Gasteiger partial charge >= 0.3 is 0 Å². The van der Waals surface area contributed by atoms with Crippen LogP contribution in [0.3, 0.4) is 0 Å². The van der Waals surface area contributed by atoms with E-state index < -0.39 is 21.0 Å². The molecular weight excluding hydrogens is 514 g/mol. The topological polar surface area (TPSA) is 80.2 Å². The molecule has 6 nitrogen and oxygen atoms in total. The first-order valence-corrected chi connectivity index (χ1v) is 16.6. The first-order chi connectivity index (χ1) is 17.7. The van der Waals surface area contributed by atoms with Crippen LogP contribution >= 0.6 is 11.8 Å². The molecule has 2 heterocycles. The summed E-state index contributed by atoms with van der Waals surface area (Å²) in [4.78, 5) is 13.6. The van der Waals surface area contributed by atoms with E-state index in [1.165, 1.54) is 32.1 Å². The molecule has 1 saturated heterocycles. The Hall–Kier alpha value is -1.77. The highest BCUT2D eigenvalue weighted by atomic mass is 32.2. The maximum absolute atomic E-state index is 13.4. The van der Waals surface area contributed by atoms with Crippen LogP contribution in [0.15, 0.2) is 29.2 Å². The molecule has 38 heavy (non-hydrogen) atoms. The SMILES string of the molecule is Cc1c(C(=O)NC2CSC2)cc(-c2ccc(S(=O)(=O)NC(C)(C)C)c(C(C)(C)C)c2)n1CC1CCCCC1. The minimum atomic E-state index is -3.71. The van der Waals surface area contributed by atoms with Crippen LogP contribution in [0.2, 0.25) is 0 Å². The largest absolute Gasteiger partial charge is 0.348 e. The number of carbonyl (C=O) groups is 1. The minimum Gasteiger partial charge on any atom is -0.348 e.